The van der Waals surface area contributed by atoms with Gasteiger partial charge in [-0.25, -0.2) is 0 Å². The largest absolute Gasteiger partial charge is 0.507 e. The molecule has 1 rings (SSSR count). The summed E-state index contributed by atoms with van der Waals surface area (Å²) in [5.41, 5.74) is 2.90. The van der Waals surface area contributed by atoms with Crippen LogP contribution in [0.2, 0.25) is 57.4 Å². The average Bonchev–Trinajstić information content (AvgIpc) is 3.05. The molecule has 2 N–H and O–H groups in total. The van der Waals surface area contributed by atoms with E-state index in [1.807, 2.05) is 0 Å². The van der Waals surface area contributed by atoms with E-state index >= 15 is 0 Å². The SMILES string of the molecule is CCO[Si](C)(CCCNC(NCCC[Si](C)(OCC)OCC)[Si]CCc1ccc([Si](C)C)c([Si](C)C)c1C(C)[Si](OC)(OC)OC)OCC. The molecular weight excluding hydrogens is 717 g/mol. The minimum atomic E-state index is -2.92. The normalized spacial score (nSPS) is 13.7. The lowest BCUT2D eigenvalue weighted by Crippen LogP contribution is -2.54. The van der Waals surface area contributed by atoms with Gasteiger partial charge in [-0.2, -0.15) is 0 Å². The summed E-state index contributed by atoms with van der Waals surface area (Å²) in [5, 5.41) is 10.9. The van der Waals surface area contributed by atoms with E-state index in [-0.39, 0.29) is 11.3 Å². The number of hydrogen-bond acceptors (Lipinski definition) is 9. The molecule has 4 radical (unpaired) electrons. The number of hydrogen-bond donors (Lipinski definition) is 2. The van der Waals surface area contributed by atoms with Crippen LogP contribution in [0.1, 0.15) is 64.1 Å². The summed E-state index contributed by atoms with van der Waals surface area (Å²) in [7, 11) is -2.65. The van der Waals surface area contributed by atoms with Crippen molar-refractivity contribution in [2.75, 3.05) is 60.8 Å². The van der Waals surface area contributed by atoms with Crippen LogP contribution in [0.25, 0.3) is 0 Å². The molecule has 1 aromatic carbocycles. The topological polar surface area (TPSA) is 88.7 Å². The molecule has 15 heteroatoms. The number of aryl methyl sites for hydroxylation is 1. The van der Waals surface area contributed by atoms with Gasteiger partial charge < -0.3 is 41.6 Å². The third-order valence-corrected chi connectivity index (χ3v) is 22.9. The maximum Gasteiger partial charge on any atom is 0.507 e. The number of rotatable bonds is 29. The summed E-state index contributed by atoms with van der Waals surface area (Å²) in [6.07, 6.45) is 3.08. The molecule has 0 heterocycles. The van der Waals surface area contributed by atoms with Crippen molar-refractivity contribution in [1.82, 2.24) is 10.6 Å². The van der Waals surface area contributed by atoms with Gasteiger partial charge in [-0.1, -0.05) is 61.7 Å². The first kappa shape index (κ1) is 47.2. The van der Waals surface area contributed by atoms with Crippen LogP contribution in [0, 0.1) is 0 Å². The Morgan fingerprint density at radius 2 is 1.16 bits per heavy atom. The Hall–Kier alpha value is 0.161. The Kier molecular flexibility index (Phi) is 23.6. The highest BCUT2D eigenvalue weighted by atomic mass is 28.4. The van der Waals surface area contributed by atoms with Gasteiger partial charge in [0, 0.05) is 53.5 Å². The van der Waals surface area contributed by atoms with E-state index in [1.54, 1.807) is 31.7 Å². The summed E-state index contributed by atoms with van der Waals surface area (Å²) in [4.78, 5) is 0. The highest BCUT2D eigenvalue weighted by Crippen LogP contribution is 2.31. The molecule has 0 saturated heterocycles. The first-order valence-corrected chi connectivity index (χ1v) is 31.6. The number of benzene rings is 1. The van der Waals surface area contributed by atoms with Crippen LogP contribution in [0.3, 0.4) is 0 Å². The van der Waals surface area contributed by atoms with Crippen molar-refractivity contribution in [3.63, 3.8) is 0 Å². The molecule has 284 valence electrons. The lowest BCUT2D eigenvalue weighted by molar-refractivity contribution is 0.114. The Morgan fingerprint density at radius 1 is 0.714 bits per heavy atom. The second kappa shape index (κ2) is 24.5. The van der Waals surface area contributed by atoms with Gasteiger partial charge in [0.2, 0.25) is 0 Å². The monoisotopic (exact) mass is 788 g/mol. The van der Waals surface area contributed by atoms with Crippen LogP contribution in [-0.4, -0.2) is 120 Å². The summed E-state index contributed by atoms with van der Waals surface area (Å²) in [5.74, 6) is 0.238. The van der Waals surface area contributed by atoms with Gasteiger partial charge in [0.05, 0.1) is 32.7 Å². The Morgan fingerprint density at radius 3 is 1.53 bits per heavy atom. The molecule has 0 aliphatic heterocycles. The molecule has 0 aliphatic carbocycles. The smallest absolute Gasteiger partial charge is 0.395 e. The van der Waals surface area contributed by atoms with Gasteiger partial charge in [-0.05, 0) is 96.4 Å². The third-order valence-electron chi connectivity index (χ3n) is 9.05. The molecule has 1 atom stereocenters. The zero-order valence-electron chi connectivity index (χ0n) is 33.7. The van der Waals surface area contributed by atoms with Gasteiger partial charge in [-0.3, -0.25) is 0 Å². The highest BCUT2D eigenvalue weighted by Gasteiger charge is 2.47. The standard InChI is InChI=1S/C34H72N2O7Si6/c1-15-40-47(13,41-16-2)27-19-24-35-34(36-25-20-28-48(14,42-17-3)43-18-4)44-26-23-30-21-22-31(45(9)10)33(46(11)12)32(30)29(5)49(37-6,38-7)39-8/h21-22,29,34-36H,15-20,23-28H2,1-14H3. The molecular formula is C34H72N2O7Si6. The predicted octanol–water partition coefficient (Wildman–Crippen LogP) is 5.33. The van der Waals surface area contributed by atoms with Crippen molar-refractivity contribution >= 4 is 63.4 Å². The minimum Gasteiger partial charge on any atom is -0.395 e. The highest BCUT2D eigenvalue weighted by molar-refractivity contribution is 6.82. The van der Waals surface area contributed by atoms with E-state index in [4.69, 9.17) is 31.0 Å². The van der Waals surface area contributed by atoms with Crippen LogP contribution < -0.4 is 21.0 Å². The lowest BCUT2D eigenvalue weighted by atomic mass is 10.0. The first-order valence-electron chi connectivity index (χ1n) is 18.4. The molecule has 0 amide bonds. The summed E-state index contributed by atoms with van der Waals surface area (Å²) < 4.78 is 42.6. The van der Waals surface area contributed by atoms with E-state index < -0.39 is 43.5 Å². The van der Waals surface area contributed by atoms with Gasteiger partial charge >= 0.3 is 25.9 Å². The van der Waals surface area contributed by atoms with Crippen LogP contribution in [0.15, 0.2) is 12.1 Å². The fraction of sp³-hybridized carbons (Fsp3) is 0.824. The summed E-state index contributed by atoms with van der Waals surface area (Å²) in [6, 6.07) is 7.88. The van der Waals surface area contributed by atoms with Crippen molar-refractivity contribution < 1.29 is 31.0 Å². The first-order chi connectivity index (χ1) is 23.3. The van der Waals surface area contributed by atoms with Gasteiger partial charge in [-0.15, -0.1) is 0 Å². The molecule has 1 unspecified atom stereocenters. The van der Waals surface area contributed by atoms with E-state index in [0.717, 1.165) is 50.5 Å². The molecule has 1 aromatic rings. The minimum absolute atomic E-state index is 0.0531. The molecule has 0 bridgehead atoms. The third kappa shape index (κ3) is 15.2. The van der Waals surface area contributed by atoms with Crippen molar-refractivity contribution in [2.24, 2.45) is 0 Å². The molecule has 0 fully saturated rings. The van der Waals surface area contributed by atoms with E-state index in [1.165, 1.54) is 11.1 Å². The van der Waals surface area contributed by atoms with Crippen molar-refractivity contribution in [3.05, 3.63) is 23.3 Å². The zero-order chi connectivity index (χ0) is 37.1. The average molecular weight is 789 g/mol. The number of nitrogens with one attached hydrogen (secondary N) is 2. The summed E-state index contributed by atoms with van der Waals surface area (Å²) in [6.45, 7) is 29.2. The van der Waals surface area contributed by atoms with Crippen LogP contribution in [0.5, 0.6) is 0 Å². The van der Waals surface area contributed by atoms with Gasteiger partial charge in [0.15, 0.2) is 0 Å². The van der Waals surface area contributed by atoms with Crippen molar-refractivity contribution in [3.8, 4) is 0 Å². The zero-order valence-corrected chi connectivity index (χ0v) is 39.7. The predicted molar refractivity (Wildman–Crippen MR) is 219 cm³/mol. The maximum absolute atomic E-state index is 6.10. The van der Waals surface area contributed by atoms with Crippen molar-refractivity contribution in [1.29, 1.82) is 0 Å². The fourth-order valence-electron chi connectivity index (χ4n) is 6.76. The quantitative estimate of drug-likeness (QED) is 0.0636. The van der Waals surface area contributed by atoms with E-state index in [0.29, 0.717) is 35.9 Å². The Labute approximate surface area is 310 Å². The van der Waals surface area contributed by atoms with Crippen LogP contribution >= 0.6 is 0 Å². The molecule has 0 aromatic heterocycles. The summed E-state index contributed by atoms with van der Waals surface area (Å²) >= 11 is 0. The molecule has 0 aliphatic rings. The van der Waals surface area contributed by atoms with Crippen LogP contribution in [0.4, 0.5) is 0 Å². The van der Waals surface area contributed by atoms with E-state index in [2.05, 4.69) is 96.7 Å². The Bertz CT molecular complexity index is 989. The Balaban J connectivity index is 3.23. The second-order valence-electron chi connectivity index (χ2n) is 13.3. The molecule has 9 nitrogen and oxygen atoms in total. The van der Waals surface area contributed by atoms with Gasteiger partial charge in [0.1, 0.15) is 0 Å². The molecule has 49 heavy (non-hydrogen) atoms. The lowest BCUT2D eigenvalue weighted by Gasteiger charge is -2.34. The second-order valence-corrected chi connectivity index (χ2v) is 29.8. The van der Waals surface area contributed by atoms with Crippen molar-refractivity contribution in [2.45, 2.75) is 123 Å². The maximum atomic E-state index is 6.10. The molecule has 0 spiro atoms. The van der Waals surface area contributed by atoms with Gasteiger partial charge in [0.25, 0.3) is 0 Å². The van der Waals surface area contributed by atoms with Crippen LogP contribution in [-0.2, 0) is 37.4 Å². The van der Waals surface area contributed by atoms with E-state index in [9.17, 15) is 0 Å². The molecule has 0 saturated carbocycles. The fourth-order valence-corrected chi connectivity index (χ4v) is 19.3.